The van der Waals surface area contributed by atoms with Crippen molar-refractivity contribution in [1.29, 1.82) is 0 Å². The molecule has 2 atom stereocenters. The highest BCUT2D eigenvalue weighted by molar-refractivity contribution is 5.85. The molecule has 0 saturated carbocycles. The smallest absolute Gasteiger partial charge is 0.252 e. The maximum absolute atomic E-state index is 13.1. The summed E-state index contributed by atoms with van der Waals surface area (Å²) in [5.74, 6) is 0.574. The average Bonchev–Trinajstić information content (AvgIpc) is 3.08. The van der Waals surface area contributed by atoms with E-state index in [1.54, 1.807) is 14.0 Å². The first kappa shape index (κ1) is 22.1. The predicted molar refractivity (Wildman–Crippen MR) is 110 cm³/mol. The van der Waals surface area contributed by atoms with Crippen LogP contribution in [0.4, 0.5) is 0 Å². The fourth-order valence-electron chi connectivity index (χ4n) is 2.90. The molecule has 0 aliphatic carbocycles. The summed E-state index contributed by atoms with van der Waals surface area (Å²) >= 11 is 0. The molecule has 0 radical (unpaired) electrons. The number of nitrogens with one attached hydrogen (secondary N) is 2. The summed E-state index contributed by atoms with van der Waals surface area (Å²) in [4.78, 5) is 20.7. The Kier molecular flexibility index (Phi) is 7.38. The van der Waals surface area contributed by atoms with Crippen molar-refractivity contribution in [2.24, 2.45) is 5.41 Å². The van der Waals surface area contributed by atoms with Crippen LogP contribution in [0.3, 0.4) is 0 Å². The van der Waals surface area contributed by atoms with Gasteiger partial charge in [0.15, 0.2) is 0 Å². The van der Waals surface area contributed by atoms with E-state index in [0.717, 1.165) is 17.1 Å². The van der Waals surface area contributed by atoms with Crippen molar-refractivity contribution in [3.63, 3.8) is 0 Å². The van der Waals surface area contributed by atoms with Gasteiger partial charge in [-0.15, -0.1) is 0 Å². The van der Waals surface area contributed by atoms with Crippen LogP contribution < -0.4 is 5.32 Å². The zero-order valence-corrected chi connectivity index (χ0v) is 17.8. The monoisotopic (exact) mass is 387 g/mol. The Morgan fingerprint density at radius 3 is 2.43 bits per heavy atom. The van der Waals surface area contributed by atoms with Crippen molar-refractivity contribution in [3.8, 4) is 0 Å². The Bertz CT molecular complexity index is 752. The number of nitrogens with zero attached hydrogens (tertiary/aromatic N) is 1. The molecule has 1 unspecified atom stereocenters. The van der Waals surface area contributed by atoms with Gasteiger partial charge in [-0.2, -0.15) is 0 Å². The Hall–Kier alpha value is -2.18. The third kappa shape index (κ3) is 5.91. The molecule has 0 spiro atoms. The molecule has 1 aromatic carbocycles. The second kappa shape index (κ2) is 9.34. The number of rotatable bonds is 9. The highest BCUT2D eigenvalue weighted by Crippen LogP contribution is 2.32. The number of benzene rings is 1. The second-order valence-corrected chi connectivity index (χ2v) is 8.42. The Labute approximate surface area is 168 Å². The number of methoxy groups -OCH3 is 1. The first-order valence-electron chi connectivity index (χ1n) is 9.65. The molecule has 6 heteroatoms. The van der Waals surface area contributed by atoms with Crippen molar-refractivity contribution in [2.45, 2.75) is 59.3 Å². The number of H-pyrrole nitrogens is 1. The van der Waals surface area contributed by atoms with Crippen LogP contribution >= 0.6 is 0 Å². The fourth-order valence-corrected chi connectivity index (χ4v) is 2.90. The molecule has 2 rings (SSSR count). The number of hydrogen-bond donors (Lipinski definition) is 2. The van der Waals surface area contributed by atoms with Gasteiger partial charge in [0.2, 0.25) is 0 Å². The third-order valence-corrected chi connectivity index (χ3v) is 4.91. The Morgan fingerprint density at radius 1 is 1.21 bits per heavy atom. The van der Waals surface area contributed by atoms with Gasteiger partial charge >= 0.3 is 0 Å². The van der Waals surface area contributed by atoms with Crippen LogP contribution in [0, 0.1) is 12.3 Å². The van der Waals surface area contributed by atoms with Gasteiger partial charge in [0.25, 0.3) is 5.91 Å². The van der Waals surface area contributed by atoms with Gasteiger partial charge in [-0.05, 0) is 24.8 Å². The molecule has 1 aromatic heterocycles. The van der Waals surface area contributed by atoms with E-state index < -0.39 is 5.60 Å². The van der Waals surface area contributed by atoms with Crippen molar-refractivity contribution in [2.75, 3.05) is 13.7 Å². The highest BCUT2D eigenvalue weighted by Gasteiger charge is 2.38. The lowest BCUT2D eigenvalue weighted by Crippen LogP contribution is -2.50. The highest BCUT2D eigenvalue weighted by atomic mass is 16.5. The summed E-state index contributed by atoms with van der Waals surface area (Å²) in [5.41, 5.74) is 0.801. The molecule has 0 fully saturated rings. The van der Waals surface area contributed by atoms with Gasteiger partial charge in [-0.25, -0.2) is 4.98 Å². The number of aryl methyl sites for hydroxylation is 1. The standard InChI is InChI=1S/C22H33N3O3/c1-16-14-23-19(24-16)18(21(2,3)4)25-20(26)22(5,27-6)12-13-28-15-17-10-8-7-9-11-17/h7-11,14,18H,12-13,15H2,1-6H3,(H,23,24)(H,25,26)/t18-,22?/m1/s1. The number of aromatic amines is 1. The van der Waals surface area contributed by atoms with Crippen molar-refractivity contribution < 1.29 is 14.3 Å². The van der Waals surface area contributed by atoms with Crippen LogP contribution in [-0.2, 0) is 20.9 Å². The largest absolute Gasteiger partial charge is 0.377 e. The van der Waals surface area contributed by atoms with Gasteiger partial charge in [0, 0.05) is 19.7 Å². The van der Waals surface area contributed by atoms with E-state index in [2.05, 4.69) is 36.1 Å². The van der Waals surface area contributed by atoms with Gasteiger partial charge < -0.3 is 19.8 Å². The van der Waals surface area contributed by atoms with E-state index in [1.807, 2.05) is 43.5 Å². The summed E-state index contributed by atoms with van der Waals surface area (Å²) in [6.45, 7) is 10.9. The zero-order chi connectivity index (χ0) is 20.8. The SMILES string of the molecule is COC(C)(CCOCc1ccccc1)C(=O)N[C@H](c1nc(C)c[nH]1)C(C)(C)C. The van der Waals surface area contributed by atoms with Gasteiger partial charge in [0.05, 0.1) is 24.9 Å². The average molecular weight is 388 g/mol. The lowest BCUT2D eigenvalue weighted by atomic mass is 9.85. The fraction of sp³-hybridized carbons (Fsp3) is 0.545. The van der Waals surface area contributed by atoms with Crippen molar-refractivity contribution >= 4 is 5.91 Å². The van der Waals surface area contributed by atoms with Crippen molar-refractivity contribution in [3.05, 3.63) is 53.6 Å². The number of carbonyl (C=O) groups is 1. The van der Waals surface area contributed by atoms with Crippen LogP contribution in [0.25, 0.3) is 0 Å². The number of hydrogen-bond acceptors (Lipinski definition) is 4. The minimum absolute atomic E-state index is 0.174. The van der Waals surface area contributed by atoms with Gasteiger partial charge in [-0.1, -0.05) is 51.1 Å². The number of carbonyl (C=O) groups excluding carboxylic acids is 1. The Balaban J connectivity index is 1.99. The van der Waals surface area contributed by atoms with E-state index >= 15 is 0 Å². The van der Waals surface area contributed by atoms with Crippen LogP contribution in [0.5, 0.6) is 0 Å². The molecule has 0 aliphatic rings. The van der Waals surface area contributed by atoms with Crippen molar-refractivity contribution in [1.82, 2.24) is 15.3 Å². The minimum atomic E-state index is -0.984. The molecule has 154 valence electrons. The summed E-state index contributed by atoms with van der Waals surface area (Å²) in [7, 11) is 1.56. The van der Waals surface area contributed by atoms with E-state index in [4.69, 9.17) is 9.47 Å². The van der Waals surface area contributed by atoms with E-state index in [9.17, 15) is 4.79 Å². The zero-order valence-electron chi connectivity index (χ0n) is 17.8. The number of aromatic nitrogens is 2. The topological polar surface area (TPSA) is 76.2 Å². The van der Waals surface area contributed by atoms with E-state index in [0.29, 0.717) is 19.6 Å². The predicted octanol–water partition coefficient (Wildman–Crippen LogP) is 3.93. The minimum Gasteiger partial charge on any atom is -0.377 e. The van der Waals surface area contributed by atoms with Gasteiger partial charge in [-0.3, -0.25) is 4.79 Å². The molecule has 6 nitrogen and oxygen atoms in total. The number of amides is 1. The van der Waals surface area contributed by atoms with Crippen LogP contribution in [0.15, 0.2) is 36.5 Å². The molecule has 2 N–H and O–H groups in total. The molecule has 1 heterocycles. The normalized spacial score (nSPS) is 15.1. The molecule has 28 heavy (non-hydrogen) atoms. The summed E-state index contributed by atoms with van der Waals surface area (Å²) in [6, 6.07) is 9.71. The quantitative estimate of drug-likeness (QED) is 0.639. The molecule has 2 aromatic rings. The first-order chi connectivity index (χ1) is 13.2. The lowest BCUT2D eigenvalue weighted by molar-refractivity contribution is -0.145. The summed E-state index contributed by atoms with van der Waals surface area (Å²) < 4.78 is 11.3. The van der Waals surface area contributed by atoms with Crippen LogP contribution in [0.1, 0.15) is 57.2 Å². The number of imidazole rings is 1. The second-order valence-electron chi connectivity index (χ2n) is 8.42. The molecular weight excluding hydrogens is 354 g/mol. The third-order valence-electron chi connectivity index (χ3n) is 4.91. The van der Waals surface area contributed by atoms with E-state index in [-0.39, 0.29) is 17.4 Å². The molecule has 1 amide bonds. The molecular formula is C22H33N3O3. The number of ether oxygens (including phenoxy) is 2. The summed E-state index contributed by atoms with van der Waals surface area (Å²) in [5, 5.41) is 3.12. The lowest BCUT2D eigenvalue weighted by Gasteiger charge is -2.34. The van der Waals surface area contributed by atoms with Crippen LogP contribution in [0.2, 0.25) is 0 Å². The molecule has 0 bridgehead atoms. The van der Waals surface area contributed by atoms with E-state index in [1.165, 1.54) is 0 Å². The summed E-state index contributed by atoms with van der Waals surface area (Å²) in [6.07, 6.45) is 2.30. The Morgan fingerprint density at radius 2 is 1.89 bits per heavy atom. The van der Waals surface area contributed by atoms with Gasteiger partial charge in [0.1, 0.15) is 11.4 Å². The maximum atomic E-state index is 13.1. The first-order valence-corrected chi connectivity index (χ1v) is 9.65. The molecule has 0 saturated heterocycles. The van der Waals surface area contributed by atoms with Crippen LogP contribution in [-0.4, -0.2) is 35.2 Å². The maximum Gasteiger partial charge on any atom is 0.252 e. The molecule has 0 aliphatic heterocycles.